The summed E-state index contributed by atoms with van der Waals surface area (Å²) in [5, 5.41) is 0. The molecule has 1 saturated heterocycles. The van der Waals surface area contributed by atoms with Gasteiger partial charge in [-0.3, -0.25) is 0 Å². The fourth-order valence-corrected chi connectivity index (χ4v) is 1.35. The number of halogens is 2. The van der Waals surface area contributed by atoms with Crippen LogP contribution in [0.15, 0.2) is 0 Å². The second kappa shape index (κ2) is 4.75. The van der Waals surface area contributed by atoms with Crippen LogP contribution < -0.4 is 0 Å². The first-order valence-corrected chi connectivity index (χ1v) is 4.56. The minimum atomic E-state index is -2.48. The number of rotatable bonds is 1. The van der Waals surface area contributed by atoms with Crippen molar-refractivity contribution in [1.29, 1.82) is 0 Å². The molecule has 0 aliphatic carbocycles. The molecule has 1 aliphatic rings. The first-order chi connectivity index (χ1) is 5.50. The van der Waals surface area contributed by atoms with Gasteiger partial charge in [-0.1, -0.05) is 13.8 Å². The maximum atomic E-state index is 12.6. The van der Waals surface area contributed by atoms with Crippen molar-refractivity contribution in [3.05, 3.63) is 0 Å². The molecule has 1 fully saturated rings. The minimum Gasteiger partial charge on any atom is -0.306 e. The number of likely N-dealkylation sites (tertiary alicyclic amines) is 1. The van der Waals surface area contributed by atoms with E-state index in [0.29, 0.717) is 13.0 Å². The van der Waals surface area contributed by atoms with E-state index in [9.17, 15) is 8.78 Å². The van der Waals surface area contributed by atoms with Gasteiger partial charge in [0.15, 0.2) is 0 Å². The molecule has 0 N–H and O–H groups in total. The normalized spacial score (nSPS) is 25.0. The largest absolute Gasteiger partial charge is 0.306 e. The van der Waals surface area contributed by atoms with Crippen molar-refractivity contribution >= 4 is 0 Å². The molecular formula is C9H19F2N. The molecule has 1 heterocycles. The van der Waals surface area contributed by atoms with E-state index in [4.69, 9.17) is 0 Å². The average Bonchev–Trinajstić information content (AvgIpc) is 2.39. The standard InChI is InChI=1S/C7H13F2N.C2H6/c1-7(8,9)6-3-4-10(2)5-6;1-2/h6H,3-5H2,1-2H3;1-2H3. The summed E-state index contributed by atoms with van der Waals surface area (Å²) in [7, 11) is 1.88. The first kappa shape index (κ1) is 11.8. The van der Waals surface area contributed by atoms with E-state index in [-0.39, 0.29) is 0 Å². The van der Waals surface area contributed by atoms with Crippen LogP contribution in [-0.4, -0.2) is 31.0 Å². The lowest BCUT2D eigenvalue weighted by Crippen LogP contribution is -2.26. The quantitative estimate of drug-likeness (QED) is 0.598. The van der Waals surface area contributed by atoms with Gasteiger partial charge in [-0.2, -0.15) is 0 Å². The molecule has 0 bridgehead atoms. The molecule has 1 rings (SSSR count). The van der Waals surface area contributed by atoms with Crippen LogP contribution >= 0.6 is 0 Å². The van der Waals surface area contributed by atoms with Gasteiger partial charge in [0.1, 0.15) is 0 Å². The zero-order valence-corrected chi connectivity index (χ0v) is 8.40. The molecule has 0 radical (unpaired) electrons. The van der Waals surface area contributed by atoms with Crippen LogP contribution in [0, 0.1) is 5.92 Å². The summed E-state index contributed by atoms with van der Waals surface area (Å²) in [5.41, 5.74) is 0. The van der Waals surface area contributed by atoms with Crippen molar-refractivity contribution < 1.29 is 8.78 Å². The van der Waals surface area contributed by atoms with Crippen molar-refractivity contribution in [3.63, 3.8) is 0 Å². The Morgan fingerprint density at radius 1 is 1.33 bits per heavy atom. The van der Waals surface area contributed by atoms with E-state index in [1.54, 1.807) is 0 Å². The van der Waals surface area contributed by atoms with Gasteiger partial charge in [-0.15, -0.1) is 0 Å². The highest BCUT2D eigenvalue weighted by molar-refractivity contribution is 4.81. The average molecular weight is 179 g/mol. The highest BCUT2D eigenvalue weighted by Gasteiger charge is 2.37. The van der Waals surface area contributed by atoms with Crippen molar-refractivity contribution in [1.82, 2.24) is 4.90 Å². The lowest BCUT2D eigenvalue weighted by molar-refractivity contribution is -0.0344. The molecular weight excluding hydrogens is 160 g/mol. The van der Waals surface area contributed by atoms with E-state index in [0.717, 1.165) is 13.5 Å². The Labute approximate surface area is 73.7 Å². The molecule has 0 aromatic heterocycles. The lowest BCUT2D eigenvalue weighted by Gasteiger charge is -2.17. The van der Waals surface area contributed by atoms with Crippen molar-refractivity contribution in [2.45, 2.75) is 33.1 Å². The molecule has 3 heteroatoms. The number of alkyl halides is 2. The number of nitrogens with zero attached hydrogens (tertiary/aromatic N) is 1. The Morgan fingerprint density at radius 3 is 2.00 bits per heavy atom. The van der Waals surface area contributed by atoms with Crippen LogP contribution in [0.3, 0.4) is 0 Å². The van der Waals surface area contributed by atoms with Crippen LogP contribution in [0.5, 0.6) is 0 Å². The Balaban J connectivity index is 0.000000561. The topological polar surface area (TPSA) is 3.24 Å². The summed E-state index contributed by atoms with van der Waals surface area (Å²) in [6.07, 6.45) is 0.639. The van der Waals surface area contributed by atoms with Crippen LogP contribution in [0.2, 0.25) is 0 Å². The van der Waals surface area contributed by atoms with Crippen LogP contribution in [-0.2, 0) is 0 Å². The third-order valence-electron chi connectivity index (χ3n) is 2.11. The highest BCUT2D eigenvalue weighted by atomic mass is 19.3. The van der Waals surface area contributed by atoms with Crippen molar-refractivity contribution in [2.75, 3.05) is 20.1 Å². The predicted molar refractivity (Wildman–Crippen MR) is 47.6 cm³/mol. The van der Waals surface area contributed by atoms with Gasteiger partial charge in [0.2, 0.25) is 5.92 Å². The molecule has 74 valence electrons. The Bertz CT molecular complexity index is 120. The first-order valence-electron chi connectivity index (χ1n) is 4.56. The van der Waals surface area contributed by atoms with Crippen LogP contribution in [0.4, 0.5) is 8.78 Å². The molecule has 1 atom stereocenters. The smallest absolute Gasteiger partial charge is 0.249 e. The monoisotopic (exact) mass is 179 g/mol. The van der Waals surface area contributed by atoms with Crippen molar-refractivity contribution in [2.24, 2.45) is 5.92 Å². The molecule has 1 unspecified atom stereocenters. The fraction of sp³-hybridized carbons (Fsp3) is 1.00. The van der Waals surface area contributed by atoms with Crippen LogP contribution in [0.25, 0.3) is 0 Å². The summed E-state index contributed by atoms with van der Waals surface area (Å²) < 4.78 is 25.1. The predicted octanol–water partition coefficient (Wildman–Crippen LogP) is 2.62. The minimum absolute atomic E-state index is 0.419. The third-order valence-corrected chi connectivity index (χ3v) is 2.11. The van der Waals surface area contributed by atoms with E-state index < -0.39 is 11.8 Å². The summed E-state index contributed by atoms with van der Waals surface area (Å²) in [6.45, 7) is 6.37. The van der Waals surface area contributed by atoms with Gasteiger partial charge in [0, 0.05) is 12.5 Å². The summed E-state index contributed by atoms with van der Waals surface area (Å²) in [5.74, 6) is -2.90. The van der Waals surface area contributed by atoms with E-state index in [1.165, 1.54) is 0 Å². The van der Waals surface area contributed by atoms with Gasteiger partial charge in [-0.05, 0) is 26.9 Å². The molecule has 0 aromatic carbocycles. The zero-order chi connectivity index (χ0) is 9.78. The summed E-state index contributed by atoms with van der Waals surface area (Å²) in [4.78, 5) is 1.95. The molecule has 0 spiro atoms. The van der Waals surface area contributed by atoms with Crippen LogP contribution in [0.1, 0.15) is 27.2 Å². The van der Waals surface area contributed by atoms with Gasteiger partial charge < -0.3 is 4.90 Å². The van der Waals surface area contributed by atoms with Gasteiger partial charge in [0.05, 0.1) is 0 Å². The summed E-state index contributed by atoms with van der Waals surface area (Å²) in [6, 6.07) is 0. The van der Waals surface area contributed by atoms with E-state index in [1.807, 2.05) is 25.8 Å². The second-order valence-electron chi connectivity index (χ2n) is 3.20. The zero-order valence-electron chi connectivity index (χ0n) is 8.40. The lowest BCUT2D eigenvalue weighted by atomic mass is 10.0. The molecule has 0 amide bonds. The highest BCUT2D eigenvalue weighted by Crippen LogP contribution is 2.30. The molecule has 0 aromatic rings. The SMILES string of the molecule is CC.CN1CCC(C(C)(F)F)C1. The number of hydrogen-bond acceptors (Lipinski definition) is 1. The van der Waals surface area contributed by atoms with E-state index >= 15 is 0 Å². The Morgan fingerprint density at radius 2 is 1.83 bits per heavy atom. The maximum absolute atomic E-state index is 12.6. The van der Waals surface area contributed by atoms with Crippen molar-refractivity contribution in [3.8, 4) is 0 Å². The van der Waals surface area contributed by atoms with Gasteiger partial charge in [0.25, 0.3) is 0 Å². The van der Waals surface area contributed by atoms with Gasteiger partial charge >= 0.3 is 0 Å². The Kier molecular flexibility index (Phi) is 4.68. The summed E-state index contributed by atoms with van der Waals surface area (Å²) >= 11 is 0. The van der Waals surface area contributed by atoms with Gasteiger partial charge in [-0.25, -0.2) is 8.78 Å². The van der Waals surface area contributed by atoms with E-state index in [2.05, 4.69) is 0 Å². The second-order valence-corrected chi connectivity index (χ2v) is 3.20. The molecule has 1 aliphatic heterocycles. The number of hydrogen-bond donors (Lipinski definition) is 0. The molecule has 0 saturated carbocycles. The Hall–Kier alpha value is -0.180. The maximum Gasteiger partial charge on any atom is 0.249 e. The third kappa shape index (κ3) is 3.48. The molecule has 12 heavy (non-hydrogen) atoms. The molecule has 1 nitrogen and oxygen atoms in total. The fourth-order valence-electron chi connectivity index (χ4n) is 1.35.